The molecule has 0 fully saturated rings. The van der Waals surface area contributed by atoms with Crippen molar-refractivity contribution in [2.45, 2.75) is 0 Å². The molecule has 100 valence electrons. The molecule has 0 aromatic heterocycles. The highest BCUT2D eigenvalue weighted by Gasteiger charge is 2.07. The molecule has 1 N–H and O–H groups in total. The molecule has 0 heterocycles. The highest BCUT2D eigenvalue weighted by atomic mass is 16.5. The number of benzene rings is 2. The Balaban J connectivity index is 2.32. The van der Waals surface area contributed by atoms with Crippen molar-refractivity contribution in [3.63, 3.8) is 0 Å². The first kappa shape index (κ1) is 13.4. The minimum absolute atomic E-state index is 0.130. The summed E-state index contributed by atoms with van der Waals surface area (Å²) in [4.78, 5) is 10.9. The SMILES string of the molecule is COc1cc(C#N)cc(Oc2cccc(C(=O)O)c2)c1. The summed E-state index contributed by atoms with van der Waals surface area (Å²) >= 11 is 0. The molecular weight excluding hydrogens is 258 g/mol. The van der Waals surface area contributed by atoms with Gasteiger partial charge in [-0.15, -0.1) is 0 Å². The number of aromatic carboxylic acids is 1. The molecule has 5 nitrogen and oxygen atoms in total. The van der Waals surface area contributed by atoms with Crippen LogP contribution in [0.4, 0.5) is 0 Å². The molecule has 0 atom stereocenters. The summed E-state index contributed by atoms with van der Waals surface area (Å²) in [5.41, 5.74) is 0.527. The average molecular weight is 269 g/mol. The molecule has 0 saturated carbocycles. The Kier molecular flexibility index (Phi) is 3.87. The Hall–Kier alpha value is -3.00. The van der Waals surface area contributed by atoms with Crippen LogP contribution in [0, 0.1) is 11.3 Å². The van der Waals surface area contributed by atoms with Gasteiger partial charge in [-0.25, -0.2) is 4.79 Å². The normalized spacial score (nSPS) is 9.60. The number of methoxy groups -OCH3 is 1. The molecule has 2 aromatic carbocycles. The quantitative estimate of drug-likeness (QED) is 0.922. The number of hydrogen-bond acceptors (Lipinski definition) is 4. The highest BCUT2D eigenvalue weighted by molar-refractivity contribution is 5.88. The van der Waals surface area contributed by atoms with Gasteiger partial charge in [0.15, 0.2) is 0 Å². The van der Waals surface area contributed by atoms with Crippen LogP contribution in [-0.4, -0.2) is 18.2 Å². The zero-order chi connectivity index (χ0) is 14.5. The summed E-state index contributed by atoms with van der Waals surface area (Å²) in [6.07, 6.45) is 0. The predicted molar refractivity (Wildman–Crippen MR) is 71.2 cm³/mol. The number of carboxylic acid groups (broad SMARTS) is 1. The first-order chi connectivity index (χ1) is 9.62. The summed E-state index contributed by atoms with van der Waals surface area (Å²) in [7, 11) is 1.49. The van der Waals surface area contributed by atoms with Crippen molar-refractivity contribution < 1.29 is 19.4 Å². The van der Waals surface area contributed by atoms with Crippen LogP contribution >= 0.6 is 0 Å². The average Bonchev–Trinajstić information content (AvgIpc) is 2.47. The second-order valence-electron chi connectivity index (χ2n) is 3.94. The molecule has 0 bridgehead atoms. The highest BCUT2D eigenvalue weighted by Crippen LogP contribution is 2.27. The van der Waals surface area contributed by atoms with E-state index in [9.17, 15) is 4.79 Å². The molecule has 0 amide bonds. The molecule has 20 heavy (non-hydrogen) atoms. The number of nitriles is 1. The first-order valence-corrected chi connectivity index (χ1v) is 5.73. The van der Waals surface area contributed by atoms with Gasteiger partial charge in [0.05, 0.1) is 24.3 Å². The van der Waals surface area contributed by atoms with Crippen molar-refractivity contribution in [3.05, 3.63) is 53.6 Å². The van der Waals surface area contributed by atoms with Crippen LogP contribution in [0.2, 0.25) is 0 Å². The molecule has 0 aliphatic carbocycles. The van der Waals surface area contributed by atoms with Crippen molar-refractivity contribution in [2.75, 3.05) is 7.11 Å². The van der Waals surface area contributed by atoms with Crippen molar-refractivity contribution in [1.29, 1.82) is 5.26 Å². The lowest BCUT2D eigenvalue weighted by atomic mass is 10.2. The number of ether oxygens (including phenoxy) is 2. The molecule has 0 aliphatic heterocycles. The second kappa shape index (κ2) is 5.76. The molecule has 0 radical (unpaired) electrons. The Morgan fingerprint density at radius 1 is 1.15 bits per heavy atom. The summed E-state index contributed by atoms with van der Waals surface area (Å²) in [5, 5.41) is 17.8. The lowest BCUT2D eigenvalue weighted by Crippen LogP contribution is -1.96. The van der Waals surface area contributed by atoms with Gasteiger partial charge in [-0.3, -0.25) is 0 Å². The number of nitrogens with zero attached hydrogens (tertiary/aromatic N) is 1. The summed E-state index contributed by atoms with van der Waals surface area (Å²) in [6, 6.07) is 12.9. The number of carboxylic acids is 1. The zero-order valence-corrected chi connectivity index (χ0v) is 10.7. The van der Waals surface area contributed by atoms with Crippen molar-refractivity contribution >= 4 is 5.97 Å². The molecule has 0 aliphatic rings. The smallest absolute Gasteiger partial charge is 0.335 e. The van der Waals surface area contributed by atoms with Crippen LogP contribution in [0.15, 0.2) is 42.5 Å². The van der Waals surface area contributed by atoms with Crippen molar-refractivity contribution in [3.8, 4) is 23.3 Å². The Bertz CT molecular complexity index is 689. The lowest BCUT2D eigenvalue weighted by Gasteiger charge is -2.08. The minimum Gasteiger partial charge on any atom is -0.497 e. The van der Waals surface area contributed by atoms with Gasteiger partial charge in [0.2, 0.25) is 0 Å². The van der Waals surface area contributed by atoms with Gasteiger partial charge in [-0.2, -0.15) is 5.26 Å². The van der Waals surface area contributed by atoms with Gasteiger partial charge in [-0.1, -0.05) is 6.07 Å². The fourth-order valence-electron chi connectivity index (χ4n) is 1.64. The lowest BCUT2D eigenvalue weighted by molar-refractivity contribution is 0.0696. The van der Waals surface area contributed by atoms with E-state index in [1.807, 2.05) is 6.07 Å². The van der Waals surface area contributed by atoms with E-state index in [4.69, 9.17) is 19.8 Å². The summed E-state index contributed by atoms with van der Waals surface area (Å²) in [5.74, 6) is 0.248. The van der Waals surface area contributed by atoms with Gasteiger partial charge >= 0.3 is 5.97 Å². The largest absolute Gasteiger partial charge is 0.497 e. The van der Waals surface area contributed by atoms with Crippen molar-refractivity contribution in [1.82, 2.24) is 0 Å². The van der Waals surface area contributed by atoms with E-state index in [0.717, 1.165) is 0 Å². The zero-order valence-electron chi connectivity index (χ0n) is 10.7. The van der Waals surface area contributed by atoms with Crippen LogP contribution in [0.3, 0.4) is 0 Å². The monoisotopic (exact) mass is 269 g/mol. The summed E-state index contributed by atoms with van der Waals surface area (Å²) < 4.78 is 10.6. The van der Waals surface area contributed by atoms with Gasteiger partial charge < -0.3 is 14.6 Å². The Morgan fingerprint density at radius 2 is 1.90 bits per heavy atom. The predicted octanol–water partition coefficient (Wildman–Crippen LogP) is 3.06. The second-order valence-corrected chi connectivity index (χ2v) is 3.94. The Morgan fingerprint density at radius 3 is 2.55 bits per heavy atom. The van der Waals surface area contributed by atoms with E-state index >= 15 is 0 Å². The minimum atomic E-state index is -1.03. The van der Waals surface area contributed by atoms with E-state index in [-0.39, 0.29) is 5.56 Å². The molecule has 2 rings (SSSR count). The molecule has 2 aromatic rings. The van der Waals surface area contributed by atoms with Crippen LogP contribution in [0.1, 0.15) is 15.9 Å². The van der Waals surface area contributed by atoms with Crippen LogP contribution < -0.4 is 9.47 Å². The van der Waals surface area contributed by atoms with E-state index < -0.39 is 5.97 Å². The molecule has 0 unspecified atom stereocenters. The van der Waals surface area contributed by atoms with Gasteiger partial charge in [0.25, 0.3) is 0 Å². The number of rotatable bonds is 4. The van der Waals surface area contributed by atoms with Gasteiger partial charge in [0, 0.05) is 6.07 Å². The maximum Gasteiger partial charge on any atom is 0.335 e. The molecule has 0 saturated heterocycles. The maximum atomic E-state index is 10.9. The fraction of sp³-hybridized carbons (Fsp3) is 0.0667. The van der Waals surface area contributed by atoms with E-state index in [2.05, 4.69) is 0 Å². The fourth-order valence-corrected chi connectivity index (χ4v) is 1.64. The van der Waals surface area contributed by atoms with Crippen LogP contribution in [-0.2, 0) is 0 Å². The third kappa shape index (κ3) is 3.06. The standard InChI is InChI=1S/C15H11NO4/c1-19-13-5-10(9-16)6-14(8-13)20-12-4-2-3-11(7-12)15(17)18/h2-8H,1H3,(H,17,18). The third-order valence-electron chi connectivity index (χ3n) is 2.56. The molecule has 5 heteroatoms. The summed E-state index contributed by atoms with van der Waals surface area (Å²) in [6.45, 7) is 0. The number of carbonyl (C=O) groups is 1. The van der Waals surface area contributed by atoms with E-state index in [1.54, 1.807) is 30.3 Å². The third-order valence-corrected chi connectivity index (χ3v) is 2.56. The van der Waals surface area contributed by atoms with E-state index in [1.165, 1.54) is 19.2 Å². The van der Waals surface area contributed by atoms with Gasteiger partial charge in [-0.05, 0) is 30.3 Å². The van der Waals surface area contributed by atoms with Crippen LogP contribution in [0.25, 0.3) is 0 Å². The van der Waals surface area contributed by atoms with Crippen molar-refractivity contribution in [2.24, 2.45) is 0 Å². The molecular formula is C15H11NO4. The topological polar surface area (TPSA) is 79.5 Å². The first-order valence-electron chi connectivity index (χ1n) is 5.73. The Labute approximate surface area is 115 Å². The number of hydrogen-bond donors (Lipinski definition) is 1. The van der Waals surface area contributed by atoms with Gasteiger partial charge in [0.1, 0.15) is 17.2 Å². The van der Waals surface area contributed by atoms with E-state index in [0.29, 0.717) is 22.8 Å². The van der Waals surface area contributed by atoms with Crippen LogP contribution in [0.5, 0.6) is 17.2 Å². The maximum absolute atomic E-state index is 10.9. The molecule has 0 spiro atoms.